The van der Waals surface area contributed by atoms with Crippen molar-refractivity contribution in [3.8, 4) is 23.0 Å². The van der Waals surface area contributed by atoms with Crippen LogP contribution in [0.2, 0.25) is 0 Å². The van der Waals surface area contributed by atoms with Gasteiger partial charge in [0, 0.05) is 55.6 Å². The van der Waals surface area contributed by atoms with E-state index in [2.05, 4.69) is 27.0 Å². The van der Waals surface area contributed by atoms with Crippen LogP contribution in [-0.4, -0.2) is 40.3 Å². The van der Waals surface area contributed by atoms with Gasteiger partial charge < -0.3 is 18.9 Å². The van der Waals surface area contributed by atoms with Crippen LogP contribution in [0, 0.1) is 5.92 Å². The first-order valence-corrected chi connectivity index (χ1v) is 10.4. The molecule has 2 aromatic carbocycles. The van der Waals surface area contributed by atoms with Crippen molar-refractivity contribution in [2.45, 2.75) is 12.8 Å². The molecular weight excluding hydrogens is 390 g/mol. The van der Waals surface area contributed by atoms with Gasteiger partial charge in [-0.3, -0.25) is 4.98 Å². The zero-order valence-corrected chi connectivity index (χ0v) is 17.9. The summed E-state index contributed by atoms with van der Waals surface area (Å²) in [5.41, 5.74) is 4.57. The molecule has 0 spiro atoms. The van der Waals surface area contributed by atoms with Gasteiger partial charge in [0.15, 0.2) is 5.82 Å². The van der Waals surface area contributed by atoms with Gasteiger partial charge in [-0.1, -0.05) is 0 Å². The minimum Gasteiger partial charge on any atom is -0.497 e. The highest BCUT2D eigenvalue weighted by molar-refractivity contribution is 5.82. The number of imidazole rings is 1. The van der Waals surface area contributed by atoms with Crippen molar-refractivity contribution >= 4 is 22.4 Å². The highest BCUT2D eigenvalue weighted by atomic mass is 16.5. The zero-order chi connectivity index (χ0) is 21.4. The van der Waals surface area contributed by atoms with Crippen LogP contribution in [0.15, 0.2) is 55.0 Å². The van der Waals surface area contributed by atoms with E-state index in [1.807, 2.05) is 42.1 Å². The minimum atomic E-state index is 0.692. The second-order valence-corrected chi connectivity index (χ2v) is 7.91. The second-order valence-electron chi connectivity index (χ2n) is 7.91. The highest BCUT2D eigenvalue weighted by Gasteiger charge is 2.26. The minimum absolute atomic E-state index is 0.692. The van der Waals surface area contributed by atoms with Crippen molar-refractivity contribution in [2.75, 3.05) is 25.7 Å². The molecule has 2 heterocycles. The van der Waals surface area contributed by atoms with Gasteiger partial charge in [0.1, 0.15) is 17.2 Å². The topological polar surface area (TPSA) is 65.3 Å². The van der Waals surface area contributed by atoms with E-state index in [1.165, 1.54) is 12.8 Å². The Bertz CT molecular complexity index is 1210. The summed E-state index contributed by atoms with van der Waals surface area (Å²) >= 11 is 0. The van der Waals surface area contributed by atoms with Gasteiger partial charge in [-0.15, -0.1) is 0 Å². The summed E-state index contributed by atoms with van der Waals surface area (Å²) in [5, 5.41) is 0. The lowest BCUT2D eigenvalue weighted by Gasteiger charge is -2.26. The van der Waals surface area contributed by atoms with Gasteiger partial charge >= 0.3 is 0 Å². The Balaban J connectivity index is 1.59. The molecule has 4 aromatic rings. The highest BCUT2D eigenvalue weighted by Crippen LogP contribution is 2.38. The molecular formula is C24H25N5O2. The Hall–Kier alpha value is -3.61. The van der Waals surface area contributed by atoms with E-state index in [9.17, 15) is 0 Å². The molecule has 0 aliphatic heterocycles. The number of nitrogens with zero attached hydrogens (tertiary/aromatic N) is 5. The zero-order valence-electron chi connectivity index (χ0n) is 17.9. The maximum absolute atomic E-state index is 5.50. The van der Waals surface area contributed by atoms with E-state index in [0.717, 1.165) is 52.0 Å². The van der Waals surface area contributed by atoms with Gasteiger partial charge in [-0.2, -0.15) is 0 Å². The number of methoxy groups -OCH3 is 2. The van der Waals surface area contributed by atoms with Crippen molar-refractivity contribution in [2.24, 2.45) is 13.0 Å². The van der Waals surface area contributed by atoms with Gasteiger partial charge in [-0.25, -0.2) is 9.97 Å². The second kappa shape index (κ2) is 7.91. The smallest absolute Gasteiger partial charge is 0.160 e. The molecule has 7 nitrogen and oxygen atoms in total. The molecule has 1 saturated carbocycles. The first-order chi connectivity index (χ1) is 15.1. The fraction of sp³-hybridized carbons (Fsp3) is 0.292. The molecule has 1 aliphatic carbocycles. The molecule has 7 heteroatoms. The molecule has 31 heavy (non-hydrogen) atoms. The maximum Gasteiger partial charge on any atom is 0.160 e. The first-order valence-electron chi connectivity index (χ1n) is 10.4. The predicted molar refractivity (Wildman–Crippen MR) is 121 cm³/mol. The van der Waals surface area contributed by atoms with E-state index in [-0.39, 0.29) is 0 Å². The molecule has 1 fully saturated rings. The Labute approximate surface area is 181 Å². The summed E-state index contributed by atoms with van der Waals surface area (Å²) in [7, 11) is 5.31. The van der Waals surface area contributed by atoms with E-state index >= 15 is 0 Å². The Morgan fingerprint density at radius 3 is 2.39 bits per heavy atom. The van der Waals surface area contributed by atoms with Gasteiger partial charge in [0.25, 0.3) is 0 Å². The fourth-order valence-corrected chi connectivity index (χ4v) is 3.75. The van der Waals surface area contributed by atoms with Crippen LogP contribution < -0.4 is 14.4 Å². The third-order valence-electron chi connectivity index (χ3n) is 5.67. The first kappa shape index (κ1) is 19.4. The summed E-state index contributed by atoms with van der Waals surface area (Å²) in [6, 6.07) is 12.2. The molecule has 158 valence electrons. The van der Waals surface area contributed by atoms with E-state index in [4.69, 9.17) is 14.5 Å². The maximum atomic E-state index is 5.50. The predicted octanol–water partition coefficient (Wildman–Crippen LogP) is 4.60. The van der Waals surface area contributed by atoms with Crippen molar-refractivity contribution in [3.63, 3.8) is 0 Å². The average Bonchev–Trinajstić information content (AvgIpc) is 3.53. The SMILES string of the molecule is COc1cc(OC)cc(N(CC2CC2)c2ccc3ncc(-c4nccn4C)nc3c2)c1. The Morgan fingerprint density at radius 1 is 0.968 bits per heavy atom. The van der Waals surface area contributed by atoms with Gasteiger partial charge in [0.2, 0.25) is 0 Å². The lowest BCUT2D eigenvalue weighted by Crippen LogP contribution is -2.20. The number of benzene rings is 2. The average molecular weight is 415 g/mol. The summed E-state index contributed by atoms with van der Waals surface area (Å²) < 4.78 is 13.0. The fourth-order valence-electron chi connectivity index (χ4n) is 3.75. The Kier molecular flexibility index (Phi) is 4.94. The van der Waals surface area contributed by atoms with Crippen LogP contribution in [0.5, 0.6) is 11.5 Å². The molecule has 0 amide bonds. The summed E-state index contributed by atoms with van der Waals surface area (Å²) in [4.78, 5) is 16.2. The third kappa shape index (κ3) is 3.91. The molecule has 0 N–H and O–H groups in total. The quantitative estimate of drug-likeness (QED) is 0.440. The summed E-state index contributed by atoms with van der Waals surface area (Å²) in [6.07, 6.45) is 7.97. The lowest BCUT2D eigenvalue weighted by molar-refractivity contribution is 0.394. The molecule has 2 aromatic heterocycles. The standard InChI is InChI=1S/C24H25N5O2/c1-28-9-8-25-24(28)23-14-26-21-7-6-17(12-22(21)27-23)29(15-16-4-5-16)18-10-19(30-2)13-20(11-18)31-3/h6-14,16H,4-5,15H2,1-3H3. The summed E-state index contributed by atoms with van der Waals surface area (Å²) in [6.45, 7) is 0.939. The number of anilines is 2. The number of aryl methyl sites for hydroxylation is 1. The molecule has 0 radical (unpaired) electrons. The molecule has 0 unspecified atom stereocenters. The molecule has 1 aliphatic rings. The van der Waals surface area contributed by atoms with E-state index < -0.39 is 0 Å². The number of fused-ring (bicyclic) bond motifs is 1. The van der Waals surface area contributed by atoms with Crippen molar-refractivity contribution in [1.82, 2.24) is 19.5 Å². The summed E-state index contributed by atoms with van der Waals surface area (Å²) in [5.74, 6) is 3.03. The normalized spacial score (nSPS) is 13.4. The number of hydrogen-bond acceptors (Lipinski definition) is 6. The Morgan fingerprint density at radius 2 is 1.74 bits per heavy atom. The van der Waals surface area contributed by atoms with Crippen molar-refractivity contribution in [3.05, 3.63) is 55.0 Å². The number of rotatable bonds is 7. The van der Waals surface area contributed by atoms with Gasteiger partial charge in [0.05, 0.1) is 31.4 Å². The van der Waals surface area contributed by atoms with Crippen molar-refractivity contribution in [1.29, 1.82) is 0 Å². The van der Waals surface area contributed by atoms with Crippen LogP contribution >= 0.6 is 0 Å². The number of ether oxygens (including phenoxy) is 2. The van der Waals surface area contributed by atoms with Crippen LogP contribution in [-0.2, 0) is 7.05 Å². The van der Waals surface area contributed by atoms with Crippen molar-refractivity contribution < 1.29 is 9.47 Å². The largest absolute Gasteiger partial charge is 0.497 e. The molecule has 0 saturated heterocycles. The van der Waals surface area contributed by atoms with Crippen LogP contribution in [0.4, 0.5) is 11.4 Å². The van der Waals surface area contributed by atoms with E-state index in [1.54, 1.807) is 26.6 Å². The van der Waals surface area contributed by atoms with Crippen LogP contribution in [0.1, 0.15) is 12.8 Å². The van der Waals surface area contributed by atoms with Gasteiger partial charge in [-0.05, 0) is 37.0 Å². The van der Waals surface area contributed by atoms with Crippen LogP contribution in [0.25, 0.3) is 22.6 Å². The monoisotopic (exact) mass is 415 g/mol. The third-order valence-corrected chi connectivity index (χ3v) is 5.67. The van der Waals surface area contributed by atoms with E-state index in [0.29, 0.717) is 5.92 Å². The lowest BCUT2D eigenvalue weighted by atomic mass is 10.2. The molecule has 0 atom stereocenters. The number of hydrogen-bond donors (Lipinski definition) is 0. The molecule has 5 rings (SSSR count). The molecule has 0 bridgehead atoms. The van der Waals surface area contributed by atoms with Crippen LogP contribution in [0.3, 0.4) is 0 Å². The number of aromatic nitrogens is 4.